The van der Waals surface area contributed by atoms with Crippen molar-refractivity contribution >= 4 is 5.91 Å². The van der Waals surface area contributed by atoms with Crippen LogP contribution < -0.4 is 5.32 Å². The molecule has 0 radical (unpaired) electrons. The van der Waals surface area contributed by atoms with Gasteiger partial charge < -0.3 is 10.1 Å². The largest absolute Gasteiger partial charge is 0.372 e. The normalized spacial score (nSPS) is 18.0. The van der Waals surface area contributed by atoms with Gasteiger partial charge in [-0.25, -0.2) is 0 Å². The molecule has 1 heterocycles. The van der Waals surface area contributed by atoms with Gasteiger partial charge in [0.25, 0.3) is 0 Å². The van der Waals surface area contributed by atoms with Gasteiger partial charge in [-0.3, -0.25) is 9.69 Å². The summed E-state index contributed by atoms with van der Waals surface area (Å²) in [4.78, 5) is 14.8. The molecule has 1 aliphatic heterocycles. The fourth-order valence-electron chi connectivity index (χ4n) is 3.85. The van der Waals surface area contributed by atoms with E-state index in [1.54, 1.807) is 14.0 Å². The van der Waals surface area contributed by atoms with Crippen LogP contribution in [0.25, 0.3) is 0 Å². The van der Waals surface area contributed by atoms with Crippen LogP contribution >= 0.6 is 0 Å². The number of carbonyl (C=O) groups is 1. The van der Waals surface area contributed by atoms with E-state index >= 15 is 0 Å². The minimum Gasteiger partial charge on any atom is -0.372 e. The fraction of sp³-hybridized carbons (Fsp3) is 0.435. The number of amides is 1. The van der Waals surface area contributed by atoms with E-state index in [0.29, 0.717) is 6.54 Å². The Bertz CT molecular complexity index is 710. The highest BCUT2D eigenvalue weighted by Crippen LogP contribution is 2.35. The number of piperidine rings is 1. The average Bonchev–Trinajstić information content (AvgIpc) is 2.74. The molecule has 4 heteroatoms. The monoisotopic (exact) mass is 366 g/mol. The van der Waals surface area contributed by atoms with Crippen molar-refractivity contribution in [2.75, 3.05) is 26.7 Å². The predicted octanol–water partition coefficient (Wildman–Crippen LogP) is 3.37. The second-order valence-electron chi connectivity index (χ2n) is 7.50. The molecule has 3 rings (SSSR count). The van der Waals surface area contributed by atoms with Crippen molar-refractivity contribution in [2.24, 2.45) is 0 Å². The number of rotatable bonds is 7. The first-order valence-corrected chi connectivity index (χ1v) is 9.75. The van der Waals surface area contributed by atoms with Gasteiger partial charge in [-0.2, -0.15) is 0 Å². The molecule has 0 aromatic heterocycles. The Morgan fingerprint density at radius 3 is 2.26 bits per heavy atom. The molecule has 2 aromatic rings. The molecule has 1 atom stereocenters. The maximum absolute atomic E-state index is 12.2. The van der Waals surface area contributed by atoms with Crippen LogP contribution in [0.3, 0.4) is 0 Å². The van der Waals surface area contributed by atoms with Gasteiger partial charge in [0.2, 0.25) is 5.91 Å². The number of ether oxygens (including phenoxy) is 1. The van der Waals surface area contributed by atoms with Crippen LogP contribution in [-0.4, -0.2) is 43.7 Å². The Morgan fingerprint density at radius 2 is 1.67 bits per heavy atom. The van der Waals surface area contributed by atoms with E-state index in [0.717, 1.165) is 32.5 Å². The van der Waals surface area contributed by atoms with Crippen molar-refractivity contribution in [1.82, 2.24) is 10.2 Å². The smallest absolute Gasteiger partial charge is 0.248 e. The molecule has 1 saturated heterocycles. The Labute approximate surface area is 162 Å². The number of nitrogens with one attached hydrogen (secondary N) is 1. The third-order valence-electron chi connectivity index (χ3n) is 5.77. The summed E-state index contributed by atoms with van der Waals surface area (Å²) in [5, 5.41) is 3.12. The van der Waals surface area contributed by atoms with Crippen LogP contribution in [0.15, 0.2) is 60.7 Å². The van der Waals surface area contributed by atoms with Crippen LogP contribution in [-0.2, 0) is 21.5 Å². The zero-order valence-corrected chi connectivity index (χ0v) is 16.4. The molecule has 0 saturated carbocycles. The third-order valence-corrected chi connectivity index (χ3v) is 5.77. The van der Waals surface area contributed by atoms with E-state index in [9.17, 15) is 4.79 Å². The second-order valence-corrected chi connectivity index (χ2v) is 7.50. The van der Waals surface area contributed by atoms with Crippen LogP contribution in [0.4, 0.5) is 0 Å². The van der Waals surface area contributed by atoms with Crippen LogP contribution in [0.5, 0.6) is 0 Å². The first-order valence-electron chi connectivity index (χ1n) is 9.75. The van der Waals surface area contributed by atoms with E-state index < -0.39 is 6.10 Å². The zero-order valence-electron chi connectivity index (χ0n) is 16.4. The average molecular weight is 367 g/mol. The predicted molar refractivity (Wildman–Crippen MR) is 109 cm³/mol. The van der Waals surface area contributed by atoms with Gasteiger partial charge in [-0.1, -0.05) is 60.7 Å². The summed E-state index contributed by atoms with van der Waals surface area (Å²) < 4.78 is 5.15. The fourth-order valence-corrected chi connectivity index (χ4v) is 3.85. The van der Waals surface area contributed by atoms with Gasteiger partial charge in [-0.05, 0) is 44.0 Å². The molecule has 0 spiro atoms. The summed E-state index contributed by atoms with van der Waals surface area (Å²) in [6, 6.07) is 21.2. The van der Waals surface area contributed by atoms with E-state index in [1.165, 1.54) is 11.1 Å². The van der Waals surface area contributed by atoms with E-state index in [4.69, 9.17) is 4.74 Å². The topological polar surface area (TPSA) is 41.6 Å². The highest BCUT2D eigenvalue weighted by molar-refractivity contribution is 5.80. The molecule has 1 amide bonds. The summed E-state index contributed by atoms with van der Waals surface area (Å²) in [6.45, 7) is 5.48. The third kappa shape index (κ3) is 4.96. The number of hydrogen-bond acceptors (Lipinski definition) is 3. The van der Waals surface area contributed by atoms with E-state index in [1.807, 2.05) is 6.07 Å². The van der Waals surface area contributed by atoms with Crippen molar-refractivity contribution in [2.45, 2.75) is 37.8 Å². The molecule has 144 valence electrons. The van der Waals surface area contributed by atoms with Crippen molar-refractivity contribution in [3.05, 3.63) is 71.8 Å². The van der Waals surface area contributed by atoms with Gasteiger partial charge in [0.15, 0.2) is 0 Å². The summed E-state index contributed by atoms with van der Waals surface area (Å²) in [7, 11) is 1.57. The van der Waals surface area contributed by atoms with Crippen molar-refractivity contribution in [3.63, 3.8) is 0 Å². The molecule has 1 fully saturated rings. The zero-order chi connectivity index (χ0) is 19.1. The van der Waals surface area contributed by atoms with Crippen LogP contribution in [0.1, 0.15) is 30.9 Å². The quantitative estimate of drug-likeness (QED) is 0.817. The number of carbonyl (C=O) groups excluding carboxylic acids is 1. The lowest BCUT2D eigenvalue weighted by molar-refractivity contribution is -0.130. The number of nitrogens with zero attached hydrogens (tertiary/aromatic N) is 1. The van der Waals surface area contributed by atoms with E-state index in [-0.39, 0.29) is 11.3 Å². The minimum atomic E-state index is -0.420. The molecule has 2 aromatic carbocycles. The Balaban J connectivity index is 1.68. The van der Waals surface area contributed by atoms with Crippen molar-refractivity contribution in [1.29, 1.82) is 0 Å². The molecular formula is C23H30N2O2. The second kappa shape index (κ2) is 9.16. The number of methoxy groups -OCH3 is 1. The van der Waals surface area contributed by atoms with Gasteiger partial charge in [0, 0.05) is 25.6 Å². The summed E-state index contributed by atoms with van der Waals surface area (Å²) in [5.41, 5.74) is 2.65. The minimum absolute atomic E-state index is 0.0163. The van der Waals surface area contributed by atoms with Gasteiger partial charge in [0.1, 0.15) is 6.10 Å². The van der Waals surface area contributed by atoms with Crippen LogP contribution in [0, 0.1) is 0 Å². The standard InChI is InChI=1S/C23H30N2O2/c1-19(27-2)22(26)24-18-23(21-11-7-4-8-12-21)13-15-25(16-14-23)17-20-9-5-3-6-10-20/h3-12,19H,13-18H2,1-2H3,(H,24,26)/t19-/m1/s1. The summed E-state index contributed by atoms with van der Waals surface area (Å²) in [5.74, 6) is -0.0421. The van der Waals surface area contributed by atoms with E-state index in [2.05, 4.69) is 64.8 Å². The molecule has 1 aliphatic rings. The first-order chi connectivity index (χ1) is 13.1. The van der Waals surface area contributed by atoms with Gasteiger partial charge in [0.05, 0.1) is 0 Å². The summed E-state index contributed by atoms with van der Waals surface area (Å²) >= 11 is 0. The Hall–Kier alpha value is -2.17. The molecule has 0 aliphatic carbocycles. The molecule has 0 unspecified atom stereocenters. The molecule has 27 heavy (non-hydrogen) atoms. The summed E-state index contributed by atoms with van der Waals surface area (Å²) in [6.07, 6.45) is 1.65. The lowest BCUT2D eigenvalue weighted by atomic mass is 9.72. The highest BCUT2D eigenvalue weighted by Gasteiger charge is 2.36. The SMILES string of the molecule is CO[C@H](C)C(=O)NCC1(c2ccccc2)CCN(Cc2ccccc2)CC1. The number of hydrogen-bond donors (Lipinski definition) is 1. The lowest BCUT2D eigenvalue weighted by Gasteiger charge is -2.42. The maximum atomic E-state index is 12.2. The maximum Gasteiger partial charge on any atom is 0.248 e. The molecule has 0 bridgehead atoms. The van der Waals surface area contributed by atoms with Gasteiger partial charge in [-0.15, -0.1) is 0 Å². The van der Waals surface area contributed by atoms with Crippen LogP contribution in [0.2, 0.25) is 0 Å². The van der Waals surface area contributed by atoms with Crippen molar-refractivity contribution in [3.8, 4) is 0 Å². The van der Waals surface area contributed by atoms with Crippen molar-refractivity contribution < 1.29 is 9.53 Å². The number of benzene rings is 2. The lowest BCUT2D eigenvalue weighted by Crippen LogP contribution is -2.50. The molecular weight excluding hydrogens is 336 g/mol. The Morgan fingerprint density at radius 1 is 1.07 bits per heavy atom. The molecule has 4 nitrogen and oxygen atoms in total. The molecule has 1 N–H and O–H groups in total. The Kier molecular flexibility index (Phi) is 6.64. The number of likely N-dealkylation sites (tertiary alicyclic amines) is 1. The first kappa shape index (κ1) is 19.6. The van der Waals surface area contributed by atoms with Gasteiger partial charge >= 0.3 is 0 Å². The highest BCUT2D eigenvalue weighted by atomic mass is 16.5.